The Morgan fingerprint density at radius 1 is 1.41 bits per heavy atom. The van der Waals surface area contributed by atoms with E-state index in [1.165, 1.54) is 0 Å². The first kappa shape index (κ1) is 13.2. The van der Waals surface area contributed by atoms with Crippen LogP contribution in [0.4, 0.5) is 0 Å². The molecule has 0 saturated carbocycles. The summed E-state index contributed by atoms with van der Waals surface area (Å²) in [6.45, 7) is 2.53. The fraction of sp³-hybridized carbons (Fsp3) is 0.385. The fourth-order valence-corrected chi connectivity index (χ4v) is 1.28. The van der Waals surface area contributed by atoms with Gasteiger partial charge in [0.25, 0.3) is 6.21 Å². The summed E-state index contributed by atoms with van der Waals surface area (Å²) in [6.07, 6.45) is 2.72. The molecule has 0 spiro atoms. The molecule has 0 N–H and O–H groups in total. The van der Waals surface area contributed by atoms with Crippen LogP contribution >= 0.6 is 0 Å². The van der Waals surface area contributed by atoms with Crippen LogP contribution in [0.25, 0.3) is 0 Å². The van der Waals surface area contributed by atoms with Crippen molar-refractivity contribution in [2.24, 2.45) is 0 Å². The third kappa shape index (κ3) is 5.70. The quantitative estimate of drug-likeness (QED) is 0.189. The first-order valence-corrected chi connectivity index (χ1v) is 5.71. The van der Waals surface area contributed by atoms with E-state index in [9.17, 15) is 10.0 Å². The molecule has 1 aromatic rings. The second kappa shape index (κ2) is 7.44. The molecule has 0 radical (unpaired) electrons. The maximum atomic E-state index is 11.4. The van der Waals surface area contributed by atoms with E-state index in [1.54, 1.807) is 0 Å². The highest BCUT2D eigenvalue weighted by Gasteiger charge is 2.04. The summed E-state index contributed by atoms with van der Waals surface area (Å²) in [5.41, 5.74) is 0.861. The number of carbonyl (C=O) groups is 1. The molecule has 0 fully saturated rings. The SMILES string of the molecule is CCCCOC(=O)/C=[N+](/[O-])Cc1ccccc1. The molecule has 0 unspecified atom stereocenters. The molecule has 0 heterocycles. The molecule has 0 aliphatic rings. The predicted molar refractivity (Wildman–Crippen MR) is 65.7 cm³/mol. The molecule has 0 atom stereocenters. The standard InChI is InChI=1S/C13H17NO3/c1-2-3-9-17-13(15)11-14(16)10-12-7-5-4-6-8-12/h4-8,11H,2-3,9-10H2,1H3/b14-11+. The van der Waals surface area contributed by atoms with E-state index in [2.05, 4.69) is 0 Å². The predicted octanol–water partition coefficient (Wildman–Crippen LogP) is 2.11. The lowest BCUT2D eigenvalue weighted by Crippen LogP contribution is -2.15. The lowest BCUT2D eigenvalue weighted by Gasteiger charge is -2.04. The Hall–Kier alpha value is -1.84. The van der Waals surface area contributed by atoms with Gasteiger partial charge < -0.3 is 9.94 Å². The minimum absolute atomic E-state index is 0.156. The van der Waals surface area contributed by atoms with Gasteiger partial charge in [-0.15, -0.1) is 0 Å². The molecular formula is C13H17NO3. The lowest BCUT2D eigenvalue weighted by molar-refractivity contribution is -0.469. The van der Waals surface area contributed by atoms with E-state index < -0.39 is 5.97 Å². The van der Waals surface area contributed by atoms with E-state index in [0.717, 1.165) is 24.6 Å². The maximum absolute atomic E-state index is 11.4. The molecule has 1 aromatic carbocycles. The third-order valence-corrected chi connectivity index (χ3v) is 2.17. The highest BCUT2D eigenvalue weighted by Crippen LogP contribution is 1.99. The number of benzene rings is 1. The molecule has 0 bridgehead atoms. The second-order valence-electron chi connectivity index (χ2n) is 3.71. The van der Waals surface area contributed by atoms with E-state index >= 15 is 0 Å². The highest BCUT2D eigenvalue weighted by atomic mass is 16.5. The van der Waals surface area contributed by atoms with E-state index in [-0.39, 0.29) is 6.54 Å². The molecule has 0 aromatic heterocycles. The van der Waals surface area contributed by atoms with Crippen molar-refractivity contribution in [3.63, 3.8) is 0 Å². The molecule has 4 nitrogen and oxygen atoms in total. The summed E-state index contributed by atoms with van der Waals surface area (Å²) in [5.74, 6) is -0.579. The number of ether oxygens (including phenoxy) is 1. The van der Waals surface area contributed by atoms with Gasteiger partial charge in [0, 0.05) is 5.56 Å². The van der Waals surface area contributed by atoms with Crippen LogP contribution in [-0.4, -0.2) is 23.5 Å². The number of carbonyl (C=O) groups excluding carboxylic acids is 1. The molecule has 92 valence electrons. The number of hydrogen-bond acceptors (Lipinski definition) is 3. The van der Waals surface area contributed by atoms with E-state index in [0.29, 0.717) is 11.3 Å². The smallest absolute Gasteiger partial charge is 0.396 e. The number of hydroxylamine groups is 1. The fourth-order valence-electron chi connectivity index (χ4n) is 1.28. The molecule has 0 aliphatic heterocycles. The first-order valence-electron chi connectivity index (χ1n) is 5.71. The van der Waals surface area contributed by atoms with Crippen molar-refractivity contribution in [3.8, 4) is 0 Å². The van der Waals surface area contributed by atoms with E-state index in [1.807, 2.05) is 37.3 Å². The van der Waals surface area contributed by atoms with Crippen LogP contribution in [-0.2, 0) is 16.1 Å². The molecular weight excluding hydrogens is 218 g/mol. The summed E-state index contributed by atoms with van der Waals surface area (Å²) in [5, 5.41) is 11.4. The van der Waals surface area contributed by atoms with Gasteiger partial charge in [-0.05, 0) is 6.42 Å². The van der Waals surface area contributed by atoms with Crippen LogP contribution in [0.3, 0.4) is 0 Å². The van der Waals surface area contributed by atoms with Gasteiger partial charge in [-0.3, -0.25) is 0 Å². The Morgan fingerprint density at radius 3 is 2.76 bits per heavy atom. The van der Waals surface area contributed by atoms with Crippen molar-refractivity contribution in [3.05, 3.63) is 41.1 Å². The molecule has 4 heteroatoms. The third-order valence-electron chi connectivity index (χ3n) is 2.17. The van der Waals surface area contributed by atoms with Crippen LogP contribution in [0.5, 0.6) is 0 Å². The van der Waals surface area contributed by atoms with Gasteiger partial charge in [-0.1, -0.05) is 43.7 Å². The van der Waals surface area contributed by atoms with Crippen molar-refractivity contribution in [1.82, 2.24) is 0 Å². The minimum Gasteiger partial charge on any atom is -0.623 e. The van der Waals surface area contributed by atoms with Gasteiger partial charge in [0.1, 0.15) is 0 Å². The van der Waals surface area contributed by atoms with Crippen LogP contribution < -0.4 is 0 Å². The Labute approximate surface area is 101 Å². The zero-order valence-electron chi connectivity index (χ0n) is 9.96. The summed E-state index contributed by atoms with van der Waals surface area (Å²) in [7, 11) is 0. The Balaban J connectivity index is 2.41. The van der Waals surface area contributed by atoms with Gasteiger partial charge >= 0.3 is 5.97 Å². The van der Waals surface area contributed by atoms with Crippen LogP contribution in [0.15, 0.2) is 30.3 Å². The average molecular weight is 235 g/mol. The number of nitrogens with zero attached hydrogens (tertiary/aromatic N) is 1. The Bertz CT molecular complexity index is 374. The Kier molecular flexibility index (Phi) is 5.79. The number of unbranched alkanes of at least 4 members (excludes halogenated alkanes) is 1. The first-order chi connectivity index (χ1) is 8.22. The Morgan fingerprint density at radius 2 is 2.12 bits per heavy atom. The van der Waals surface area contributed by atoms with Crippen LogP contribution in [0.1, 0.15) is 25.3 Å². The van der Waals surface area contributed by atoms with Crippen molar-refractivity contribution in [2.45, 2.75) is 26.3 Å². The van der Waals surface area contributed by atoms with Crippen LogP contribution in [0.2, 0.25) is 0 Å². The molecule has 0 aliphatic carbocycles. The molecule has 0 saturated heterocycles. The summed E-state index contributed by atoms with van der Waals surface area (Å²) in [6, 6.07) is 9.25. The van der Waals surface area contributed by atoms with Crippen molar-refractivity contribution < 1.29 is 14.3 Å². The number of hydrogen-bond donors (Lipinski definition) is 0. The van der Waals surface area contributed by atoms with Crippen molar-refractivity contribution >= 4 is 12.2 Å². The van der Waals surface area contributed by atoms with E-state index in [4.69, 9.17) is 4.74 Å². The summed E-state index contributed by atoms with van der Waals surface area (Å²) in [4.78, 5) is 11.2. The normalized spacial score (nSPS) is 11.2. The van der Waals surface area contributed by atoms with Gasteiger partial charge in [0.15, 0.2) is 6.54 Å². The highest BCUT2D eigenvalue weighted by molar-refractivity contribution is 6.20. The van der Waals surface area contributed by atoms with Crippen LogP contribution in [0, 0.1) is 5.21 Å². The van der Waals surface area contributed by atoms with Gasteiger partial charge in [0.2, 0.25) is 0 Å². The van der Waals surface area contributed by atoms with Gasteiger partial charge in [-0.2, -0.15) is 0 Å². The molecule has 17 heavy (non-hydrogen) atoms. The van der Waals surface area contributed by atoms with Crippen molar-refractivity contribution in [2.75, 3.05) is 6.61 Å². The molecule has 1 rings (SSSR count). The zero-order chi connectivity index (χ0) is 12.5. The largest absolute Gasteiger partial charge is 0.623 e. The maximum Gasteiger partial charge on any atom is 0.396 e. The summed E-state index contributed by atoms with van der Waals surface area (Å²) >= 11 is 0. The number of rotatable bonds is 6. The average Bonchev–Trinajstić information content (AvgIpc) is 2.30. The van der Waals surface area contributed by atoms with Gasteiger partial charge in [-0.25, -0.2) is 9.53 Å². The summed E-state index contributed by atoms with van der Waals surface area (Å²) < 4.78 is 5.44. The molecule has 0 amide bonds. The minimum atomic E-state index is -0.579. The number of esters is 1. The van der Waals surface area contributed by atoms with Crippen molar-refractivity contribution in [1.29, 1.82) is 0 Å². The topological polar surface area (TPSA) is 52.4 Å². The lowest BCUT2D eigenvalue weighted by atomic mass is 10.2. The second-order valence-corrected chi connectivity index (χ2v) is 3.71. The monoisotopic (exact) mass is 235 g/mol. The van der Waals surface area contributed by atoms with Gasteiger partial charge in [0.05, 0.1) is 6.61 Å². The zero-order valence-corrected chi connectivity index (χ0v) is 9.96.